The van der Waals surface area contributed by atoms with E-state index in [1.165, 1.54) is 37.7 Å². The number of ether oxygens (including phenoxy) is 1. The molecule has 1 saturated carbocycles. The molecule has 1 aliphatic carbocycles. The summed E-state index contributed by atoms with van der Waals surface area (Å²) in [5.74, 6) is 1.04. The van der Waals surface area contributed by atoms with Gasteiger partial charge in [-0.25, -0.2) is 0 Å². The monoisotopic (exact) mass is 261 g/mol. The fraction of sp³-hybridized carbons (Fsp3) is 0.647. The Morgan fingerprint density at radius 1 is 1.21 bits per heavy atom. The smallest absolute Gasteiger partial charge is 0.124 e. The van der Waals surface area contributed by atoms with Crippen molar-refractivity contribution in [2.45, 2.75) is 71.1 Å². The van der Waals surface area contributed by atoms with Gasteiger partial charge in [-0.1, -0.05) is 44.4 Å². The average molecular weight is 261 g/mol. The van der Waals surface area contributed by atoms with E-state index in [1.54, 1.807) is 0 Å². The first kappa shape index (κ1) is 14.4. The summed E-state index contributed by atoms with van der Waals surface area (Å²) in [6.45, 7) is 5.22. The van der Waals surface area contributed by atoms with Crippen molar-refractivity contribution >= 4 is 0 Å². The Hall–Kier alpha value is -1.02. The van der Waals surface area contributed by atoms with Crippen LogP contribution >= 0.6 is 0 Å². The van der Waals surface area contributed by atoms with Gasteiger partial charge in [0, 0.05) is 18.2 Å². The van der Waals surface area contributed by atoms with E-state index in [1.807, 2.05) is 0 Å². The number of para-hydroxylation sites is 1. The third-order valence-electron chi connectivity index (χ3n) is 4.06. The van der Waals surface area contributed by atoms with Gasteiger partial charge in [0.25, 0.3) is 0 Å². The Balaban J connectivity index is 1.91. The van der Waals surface area contributed by atoms with Crippen molar-refractivity contribution in [1.29, 1.82) is 0 Å². The average Bonchev–Trinajstić information content (AvgIpc) is 2.47. The molecular weight excluding hydrogens is 234 g/mol. The number of nitrogens with one attached hydrogen (secondary N) is 1. The number of hydrogen-bond donors (Lipinski definition) is 1. The second-order valence-electron chi connectivity index (χ2n) is 5.66. The van der Waals surface area contributed by atoms with Crippen LogP contribution in [0.2, 0.25) is 0 Å². The van der Waals surface area contributed by atoms with Crippen LogP contribution in [-0.4, -0.2) is 12.1 Å². The summed E-state index contributed by atoms with van der Waals surface area (Å²) in [7, 11) is 0. The molecule has 2 heteroatoms. The predicted molar refractivity (Wildman–Crippen MR) is 80.5 cm³/mol. The highest BCUT2D eigenvalue weighted by Gasteiger charge is 2.13. The minimum absolute atomic E-state index is 0.288. The maximum absolute atomic E-state index is 5.99. The minimum atomic E-state index is 0.288. The lowest BCUT2D eigenvalue weighted by molar-refractivity contribution is 0.214. The third-order valence-corrected chi connectivity index (χ3v) is 4.06. The molecule has 1 N–H and O–H groups in total. The fourth-order valence-electron chi connectivity index (χ4n) is 2.63. The molecule has 1 atom stereocenters. The highest BCUT2D eigenvalue weighted by Crippen LogP contribution is 2.22. The van der Waals surface area contributed by atoms with Crippen LogP contribution in [0.15, 0.2) is 24.3 Å². The molecule has 0 saturated heterocycles. The number of rotatable bonds is 6. The van der Waals surface area contributed by atoms with Gasteiger partial charge in [-0.3, -0.25) is 0 Å². The lowest BCUT2D eigenvalue weighted by Gasteiger charge is -2.24. The first-order valence-corrected chi connectivity index (χ1v) is 7.77. The van der Waals surface area contributed by atoms with Crippen molar-refractivity contribution in [3.63, 3.8) is 0 Å². The van der Waals surface area contributed by atoms with E-state index in [2.05, 4.69) is 43.4 Å². The molecule has 2 nitrogen and oxygen atoms in total. The molecule has 0 radical (unpaired) electrons. The van der Waals surface area contributed by atoms with E-state index in [0.717, 1.165) is 18.7 Å². The van der Waals surface area contributed by atoms with Gasteiger partial charge in [0.2, 0.25) is 0 Å². The summed E-state index contributed by atoms with van der Waals surface area (Å²) in [5.41, 5.74) is 1.29. The molecule has 0 heterocycles. The summed E-state index contributed by atoms with van der Waals surface area (Å²) in [5, 5.41) is 3.69. The summed E-state index contributed by atoms with van der Waals surface area (Å²) in [4.78, 5) is 0. The van der Waals surface area contributed by atoms with Gasteiger partial charge in [-0.15, -0.1) is 0 Å². The zero-order valence-corrected chi connectivity index (χ0v) is 12.3. The van der Waals surface area contributed by atoms with E-state index in [9.17, 15) is 0 Å². The van der Waals surface area contributed by atoms with E-state index in [-0.39, 0.29) is 6.10 Å². The lowest BCUT2D eigenvalue weighted by atomic mass is 9.95. The van der Waals surface area contributed by atoms with Crippen molar-refractivity contribution in [1.82, 2.24) is 5.32 Å². The van der Waals surface area contributed by atoms with Gasteiger partial charge < -0.3 is 10.1 Å². The van der Waals surface area contributed by atoms with Crippen LogP contribution in [0.5, 0.6) is 5.75 Å². The summed E-state index contributed by atoms with van der Waals surface area (Å²) >= 11 is 0. The van der Waals surface area contributed by atoms with Crippen LogP contribution in [0.4, 0.5) is 0 Å². The molecule has 0 bridgehead atoms. The zero-order chi connectivity index (χ0) is 13.5. The first-order chi connectivity index (χ1) is 9.29. The first-order valence-electron chi connectivity index (χ1n) is 7.77. The maximum atomic E-state index is 5.99. The molecule has 0 amide bonds. The molecule has 1 aliphatic rings. The molecule has 106 valence electrons. The van der Waals surface area contributed by atoms with Crippen LogP contribution in [0.1, 0.15) is 57.9 Å². The molecule has 0 aromatic heterocycles. The Labute approximate surface area is 117 Å². The highest BCUT2D eigenvalue weighted by molar-refractivity contribution is 5.33. The largest absolute Gasteiger partial charge is 0.490 e. The van der Waals surface area contributed by atoms with Gasteiger partial charge in [-0.05, 0) is 32.3 Å². The van der Waals surface area contributed by atoms with Crippen molar-refractivity contribution in [2.75, 3.05) is 0 Å². The Morgan fingerprint density at radius 2 is 1.95 bits per heavy atom. The molecule has 1 aromatic carbocycles. The predicted octanol–water partition coefficient (Wildman–Crippen LogP) is 4.29. The van der Waals surface area contributed by atoms with Crippen LogP contribution in [-0.2, 0) is 6.54 Å². The van der Waals surface area contributed by atoms with Gasteiger partial charge in [0.05, 0.1) is 6.10 Å². The topological polar surface area (TPSA) is 21.3 Å². The lowest BCUT2D eigenvalue weighted by Crippen LogP contribution is -2.30. The van der Waals surface area contributed by atoms with Crippen molar-refractivity contribution in [3.8, 4) is 5.75 Å². The molecule has 2 rings (SSSR count). The number of benzene rings is 1. The molecule has 0 spiro atoms. The maximum Gasteiger partial charge on any atom is 0.124 e. The summed E-state index contributed by atoms with van der Waals surface area (Å²) in [6.07, 6.45) is 8.15. The van der Waals surface area contributed by atoms with Crippen molar-refractivity contribution in [3.05, 3.63) is 29.8 Å². The molecule has 19 heavy (non-hydrogen) atoms. The summed E-state index contributed by atoms with van der Waals surface area (Å²) < 4.78 is 5.99. The molecule has 1 unspecified atom stereocenters. The van der Waals surface area contributed by atoms with Crippen molar-refractivity contribution < 1.29 is 4.74 Å². The van der Waals surface area contributed by atoms with Crippen molar-refractivity contribution in [2.24, 2.45) is 0 Å². The Kier molecular flexibility index (Phi) is 5.71. The number of hydrogen-bond acceptors (Lipinski definition) is 2. The van der Waals surface area contributed by atoms with Gasteiger partial charge >= 0.3 is 0 Å². The quantitative estimate of drug-likeness (QED) is 0.825. The minimum Gasteiger partial charge on any atom is -0.490 e. The normalized spacial score (nSPS) is 18.2. The third kappa shape index (κ3) is 4.54. The van der Waals surface area contributed by atoms with Crippen LogP contribution in [0.3, 0.4) is 0 Å². The van der Waals surface area contributed by atoms with E-state index in [0.29, 0.717) is 6.04 Å². The fourth-order valence-corrected chi connectivity index (χ4v) is 2.63. The molecular formula is C17H27NO. The van der Waals surface area contributed by atoms with E-state index < -0.39 is 0 Å². The summed E-state index contributed by atoms with van der Waals surface area (Å²) in [6, 6.07) is 9.12. The van der Waals surface area contributed by atoms with Crippen LogP contribution < -0.4 is 10.1 Å². The zero-order valence-electron chi connectivity index (χ0n) is 12.3. The SMILES string of the molecule is CCC(C)Oc1ccccc1CNC1CCCCC1. The van der Waals surface area contributed by atoms with Gasteiger partial charge in [-0.2, -0.15) is 0 Å². The van der Waals surface area contributed by atoms with E-state index in [4.69, 9.17) is 4.74 Å². The standard InChI is InChI=1S/C17H27NO/c1-3-14(2)19-17-12-8-7-9-15(17)13-18-16-10-5-4-6-11-16/h7-9,12,14,16,18H,3-6,10-11,13H2,1-2H3. The Bertz CT molecular complexity index is 371. The van der Waals surface area contributed by atoms with Gasteiger partial charge in [0.1, 0.15) is 5.75 Å². The Morgan fingerprint density at radius 3 is 2.68 bits per heavy atom. The molecule has 0 aliphatic heterocycles. The van der Waals surface area contributed by atoms with Crippen LogP contribution in [0, 0.1) is 0 Å². The molecule has 1 aromatic rings. The van der Waals surface area contributed by atoms with Crippen LogP contribution in [0.25, 0.3) is 0 Å². The highest BCUT2D eigenvalue weighted by atomic mass is 16.5. The molecule has 1 fully saturated rings. The second kappa shape index (κ2) is 7.54. The second-order valence-corrected chi connectivity index (χ2v) is 5.66. The van der Waals surface area contributed by atoms with E-state index >= 15 is 0 Å². The van der Waals surface area contributed by atoms with Gasteiger partial charge in [0.15, 0.2) is 0 Å².